The summed E-state index contributed by atoms with van der Waals surface area (Å²) in [7, 11) is 3.11. The zero-order valence-electron chi connectivity index (χ0n) is 17.1. The highest BCUT2D eigenvalue weighted by Gasteiger charge is 2.18. The third-order valence-corrected chi connectivity index (χ3v) is 6.03. The number of aliphatic carboxylic acids is 1. The Labute approximate surface area is 193 Å². The highest BCUT2D eigenvalue weighted by molar-refractivity contribution is 7.20. The van der Waals surface area contributed by atoms with E-state index in [-0.39, 0.29) is 5.57 Å². The molecule has 0 spiro atoms. The number of nitrogens with zero attached hydrogens (tertiary/aromatic N) is 1. The number of rotatable bonds is 7. The number of halogens is 1. The lowest BCUT2D eigenvalue weighted by molar-refractivity contribution is -0.295. The molecule has 0 unspecified atom stereocenters. The molecule has 0 bridgehead atoms. The van der Waals surface area contributed by atoms with Gasteiger partial charge in [0.25, 0.3) is 0 Å². The van der Waals surface area contributed by atoms with E-state index < -0.39 is 5.97 Å². The van der Waals surface area contributed by atoms with Crippen molar-refractivity contribution in [2.75, 3.05) is 14.2 Å². The maximum Gasteiger partial charge on any atom is 0.162 e. The summed E-state index contributed by atoms with van der Waals surface area (Å²) < 4.78 is 17.9. The van der Waals surface area contributed by atoms with Crippen LogP contribution in [0, 0.1) is 0 Å². The lowest BCUT2D eigenvalue weighted by atomic mass is 10.1. The molecule has 4 rings (SSSR count). The van der Waals surface area contributed by atoms with Crippen LogP contribution in [0.25, 0.3) is 21.7 Å². The van der Waals surface area contributed by atoms with E-state index in [2.05, 4.69) is 4.98 Å². The Morgan fingerprint density at radius 3 is 2.31 bits per heavy atom. The molecule has 0 aliphatic rings. The first kappa shape index (κ1) is 21.7. The first-order valence-electron chi connectivity index (χ1n) is 9.45. The Morgan fingerprint density at radius 1 is 1.03 bits per heavy atom. The van der Waals surface area contributed by atoms with Crippen LogP contribution in [-0.2, 0) is 4.79 Å². The minimum absolute atomic E-state index is 0.0128. The molecule has 8 heteroatoms. The van der Waals surface area contributed by atoms with Gasteiger partial charge in [-0.2, -0.15) is 0 Å². The van der Waals surface area contributed by atoms with Crippen molar-refractivity contribution in [3.63, 3.8) is 0 Å². The van der Waals surface area contributed by atoms with Gasteiger partial charge in [-0.15, -0.1) is 11.3 Å². The smallest absolute Gasteiger partial charge is 0.162 e. The van der Waals surface area contributed by atoms with Crippen LogP contribution in [0.4, 0.5) is 0 Å². The van der Waals surface area contributed by atoms with Gasteiger partial charge in [-0.05, 0) is 54.1 Å². The summed E-state index contributed by atoms with van der Waals surface area (Å²) in [5.74, 6) is 0.826. The number of ether oxygens (including phenoxy) is 3. The molecule has 0 fully saturated rings. The predicted molar refractivity (Wildman–Crippen MR) is 124 cm³/mol. The van der Waals surface area contributed by atoms with E-state index in [1.165, 1.54) is 23.7 Å². The van der Waals surface area contributed by atoms with Gasteiger partial charge in [0.05, 0.1) is 25.1 Å². The molecule has 2 heterocycles. The summed E-state index contributed by atoms with van der Waals surface area (Å²) >= 11 is 7.36. The number of fused-ring (bicyclic) bond motifs is 1. The van der Waals surface area contributed by atoms with Crippen molar-refractivity contribution >= 4 is 50.6 Å². The Balaban J connectivity index is 1.93. The van der Waals surface area contributed by atoms with Gasteiger partial charge in [-0.1, -0.05) is 11.6 Å². The molecule has 0 saturated heterocycles. The van der Waals surface area contributed by atoms with Crippen LogP contribution >= 0.6 is 22.9 Å². The summed E-state index contributed by atoms with van der Waals surface area (Å²) in [6.07, 6.45) is 4.59. The van der Waals surface area contributed by atoms with E-state index in [1.807, 2.05) is 6.07 Å². The summed E-state index contributed by atoms with van der Waals surface area (Å²) in [4.78, 5) is 16.5. The molecule has 4 aromatic rings. The van der Waals surface area contributed by atoms with Gasteiger partial charge in [0.15, 0.2) is 17.2 Å². The summed E-state index contributed by atoms with van der Waals surface area (Å²) in [6, 6.07) is 13.8. The van der Waals surface area contributed by atoms with E-state index in [0.717, 1.165) is 10.1 Å². The van der Waals surface area contributed by atoms with Gasteiger partial charge in [0.1, 0.15) is 5.75 Å². The number of carboxylic acids is 1. The first-order valence-corrected chi connectivity index (χ1v) is 10.6. The number of pyridine rings is 1. The molecule has 32 heavy (non-hydrogen) atoms. The zero-order chi connectivity index (χ0) is 22.7. The Hall–Kier alpha value is -3.55. The number of thiophene rings is 1. The average Bonchev–Trinajstić information content (AvgIpc) is 3.14. The normalized spacial score (nSPS) is 11.4. The highest BCUT2D eigenvalue weighted by atomic mass is 35.5. The molecule has 0 aliphatic carbocycles. The van der Waals surface area contributed by atoms with Crippen molar-refractivity contribution in [3.05, 3.63) is 76.4 Å². The van der Waals surface area contributed by atoms with Crippen LogP contribution in [0.3, 0.4) is 0 Å². The summed E-state index contributed by atoms with van der Waals surface area (Å²) in [6.45, 7) is 0. The maximum absolute atomic E-state index is 11.9. The second-order valence-electron chi connectivity index (χ2n) is 6.64. The van der Waals surface area contributed by atoms with E-state index in [9.17, 15) is 9.90 Å². The standard InChI is InChI=1S/C24H18ClNO5S/c1-29-19-11-18-21(13-20(19)30-2)32-22(23(18)31-16-5-3-15(25)4-6-16)12-17(24(27)28)14-7-9-26-10-8-14/h3-13H,1-2H3,(H,27,28)/p-1/b17-12+. The first-order chi connectivity index (χ1) is 15.5. The van der Waals surface area contributed by atoms with Crippen LogP contribution in [0.5, 0.6) is 23.0 Å². The number of aromatic nitrogens is 1. The molecule has 0 saturated carbocycles. The Morgan fingerprint density at radius 2 is 1.69 bits per heavy atom. The lowest BCUT2D eigenvalue weighted by Crippen LogP contribution is -2.23. The van der Waals surface area contributed by atoms with Crippen molar-refractivity contribution in [1.29, 1.82) is 0 Å². The second kappa shape index (κ2) is 9.30. The molecule has 0 radical (unpaired) electrons. The minimum Gasteiger partial charge on any atom is -0.545 e. The molecule has 162 valence electrons. The second-order valence-corrected chi connectivity index (χ2v) is 8.16. The van der Waals surface area contributed by atoms with Gasteiger partial charge < -0.3 is 24.1 Å². The van der Waals surface area contributed by atoms with Crippen molar-refractivity contribution in [3.8, 4) is 23.0 Å². The number of benzene rings is 2. The fourth-order valence-electron chi connectivity index (χ4n) is 3.16. The third-order valence-electron chi connectivity index (χ3n) is 4.69. The van der Waals surface area contributed by atoms with Gasteiger partial charge in [-0.25, -0.2) is 0 Å². The van der Waals surface area contributed by atoms with Crippen LogP contribution in [-0.4, -0.2) is 25.2 Å². The molecule has 2 aromatic heterocycles. The van der Waals surface area contributed by atoms with E-state index in [0.29, 0.717) is 38.5 Å². The molecular weight excluding hydrogens is 450 g/mol. The zero-order valence-corrected chi connectivity index (χ0v) is 18.7. The minimum atomic E-state index is -1.30. The summed E-state index contributed by atoms with van der Waals surface area (Å²) in [5.41, 5.74) is 0.490. The monoisotopic (exact) mass is 466 g/mol. The number of carbonyl (C=O) groups excluding carboxylic acids is 1. The van der Waals surface area contributed by atoms with E-state index in [1.54, 1.807) is 62.8 Å². The van der Waals surface area contributed by atoms with Gasteiger partial charge in [-0.3, -0.25) is 4.98 Å². The lowest BCUT2D eigenvalue weighted by Gasteiger charge is -2.11. The quantitative estimate of drug-likeness (QED) is 0.354. The topological polar surface area (TPSA) is 80.7 Å². The van der Waals surface area contributed by atoms with Crippen LogP contribution in [0.2, 0.25) is 5.02 Å². The predicted octanol–water partition coefficient (Wildman–Crippen LogP) is 5.05. The van der Waals surface area contributed by atoms with Crippen molar-refractivity contribution in [2.24, 2.45) is 0 Å². The molecule has 0 amide bonds. The van der Waals surface area contributed by atoms with Gasteiger partial charge in [0, 0.05) is 39.1 Å². The number of hydrogen-bond donors (Lipinski definition) is 0. The molecule has 6 nitrogen and oxygen atoms in total. The molecular formula is C24H17ClNO5S-. The number of carbonyl (C=O) groups is 1. The maximum atomic E-state index is 11.9. The average molecular weight is 467 g/mol. The largest absolute Gasteiger partial charge is 0.545 e. The van der Waals surface area contributed by atoms with Gasteiger partial charge in [0.2, 0.25) is 0 Å². The number of hydrogen-bond acceptors (Lipinski definition) is 7. The van der Waals surface area contributed by atoms with Crippen molar-refractivity contribution in [2.45, 2.75) is 0 Å². The van der Waals surface area contributed by atoms with Crippen LogP contribution in [0.15, 0.2) is 60.9 Å². The highest BCUT2D eigenvalue weighted by Crippen LogP contribution is 2.46. The van der Waals surface area contributed by atoms with Crippen LogP contribution in [0.1, 0.15) is 10.4 Å². The Kier molecular flexibility index (Phi) is 6.30. The fourth-order valence-corrected chi connectivity index (χ4v) is 4.37. The number of methoxy groups -OCH3 is 2. The van der Waals surface area contributed by atoms with Crippen molar-refractivity contribution < 1.29 is 24.1 Å². The fraction of sp³-hybridized carbons (Fsp3) is 0.0833. The molecule has 2 aromatic carbocycles. The Bertz CT molecular complexity index is 1300. The molecule has 0 N–H and O–H groups in total. The molecule has 0 atom stereocenters. The van der Waals surface area contributed by atoms with E-state index >= 15 is 0 Å². The molecule has 0 aliphatic heterocycles. The number of carboxylic acid groups (broad SMARTS) is 1. The summed E-state index contributed by atoms with van der Waals surface area (Å²) in [5, 5.41) is 13.3. The van der Waals surface area contributed by atoms with Gasteiger partial charge >= 0.3 is 0 Å². The third kappa shape index (κ3) is 4.39. The SMILES string of the molecule is COc1cc2sc(/C=C(/C(=O)[O-])c3ccncc3)c(Oc3ccc(Cl)cc3)c2cc1OC. The van der Waals surface area contributed by atoms with E-state index in [4.69, 9.17) is 25.8 Å². The van der Waals surface area contributed by atoms with Crippen molar-refractivity contribution in [1.82, 2.24) is 4.98 Å². The van der Waals surface area contributed by atoms with Crippen LogP contribution < -0.4 is 19.3 Å².